The van der Waals surface area contributed by atoms with Crippen molar-refractivity contribution in [1.82, 2.24) is 9.59 Å². The van der Waals surface area contributed by atoms with Crippen molar-refractivity contribution >= 4 is 94.9 Å². The van der Waals surface area contributed by atoms with E-state index in [2.05, 4.69) is 9.59 Å². The molecule has 0 saturated carbocycles. The van der Waals surface area contributed by atoms with Crippen molar-refractivity contribution in [3.8, 4) is 0 Å². The molecule has 0 atom stereocenters. The molecule has 0 amide bonds. The molecule has 0 bridgehead atoms. The molecule has 2 rings (SSSR count). The number of nitrogens with zero attached hydrogens (tertiary/aromatic N) is 2. The van der Waals surface area contributed by atoms with Gasteiger partial charge in [0, 0.05) is 51.4 Å². The summed E-state index contributed by atoms with van der Waals surface area (Å²) in [6.07, 6.45) is 0. The SMILES string of the molecule is O=S(=O)(O)c1ccc2nnsc2c1Cl.[K]. The van der Waals surface area contributed by atoms with Crippen LogP contribution in [0, 0.1) is 0 Å². The second kappa shape index (κ2) is 5.02. The number of halogens is 1. The van der Waals surface area contributed by atoms with Crippen LogP contribution in [-0.2, 0) is 10.1 Å². The first-order valence-corrected chi connectivity index (χ1v) is 5.97. The maximum Gasteiger partial charge on any atom is 0.296 e. The minimum atomic E-state index is -4.28. The van der Waals surface area contributed by atoms with Crippen LogP contribution < -0.4 is 0 Å². The summed E-state index contributed by atoms with van der Waals surface area (Å²) >= 11 is 6.73. The van der Waals surface area contributed by atoms with E-state index in [4.69, 9.17) is 16.2 Å². The first kappa shape index (κ1) is 13.9. The van der Waals surface area contributed by atoms with Crippen molar-refractivity contribution in [2.24, 2.45) is 0 Å². The molecule has 0 fully saturated rings. The summed E-state index contributed by atoms with van der Waals surface area (Å²) in [5.41, 5.74) is 0.507. The maximum atomic E-state index is 10.9. The Bertz CT molecular complexity index is 597. The van der Waals surface area contributed by atoms with E-state index < -0.39 is 10.1 Å². The van der Waals surface area contributed by atoms with Gasteiger partial charge >= 0.3 is 0 Å². The van der Waals surface area contributed by atoms with Crippen LogP contribution in [0.3, 0.4) is 0 Å². The van der Waals surface area contributed by atoms with Crippen LogP contribution in [0.4, 0.5) is 0 Å². The quantitative estimate of drug-likeness (QED) is 0.630. The molecule has 2 aromatic rings. The van der Waals surface area contributed by atoms with Crippen molar-refractivity contribution in [3.63, 3.8) is 0 Å². The summed E-state index contributed by atoms with van der Waals surface area (Å²) in [6.45, 7) is 0. The van der Waals surface area contributed by atoms with Gasteiger partial charge in [-0.3, -0.25) is 4.55 Å². The van der Waals surface area contributed by atoms with Crippen LogP contribution in [0.15, 0.2) is 17.0 Å². The van der Waals surface area contributed by atoms with Crippen LogP contribution >= 0.6 is 23.1 Å². The molecule has 1 N–H and O–H groups in total. The molecule has 9 heteroatoms. The van der Waals surface area contributed by atoms with Gasteiger partial charge in [0.2, 0.25) is 0 Å². The van der Waals surface area contributed by atoms with Gasteiger partial charge in [-0.05, 0) is 23.7 Å². The Morgan fingerprint density at radius 1 is 1.40 bits per heavy atom. The third kappa shape index (κ3) is 2.76. The van der Waals surface area contributed by atoms with Crippen molar-refractivity contribution < 1.29 is 13.0 Å². The predicted octanol–water partition coefficient (Wildman–Crippen LogP) is 1.21. The van der Waals surface area contributed by atoms with E-state index in [0.29, 0.717) is 10.2 Å². The fourth-order valence-electron chi connectivity index (χ4n) is 0.998. The summed E-state index contributed by atoms with van der Waals surface area (Å²) in [4.78, 5) is -0.322. The smallest absolute Gasteiger partial charge is 0.282 e. The predicted molar refractivity (Wildman–Crippen MR) is 58.0 cm³/mol. The standard InChI is InChI=1S/C6H3ClN2O3S2.K/c7-5-4(14(10,11)12)2-1-3-6(5)13-9-8-3;/h1-2H,(H,10,11,12);. The molecular weight excluding hydrogens is 287 g/mol. The van der Waals surface area contributed by atoms with Gasteiger partial charge in [-0.2, -0.15) is 8.42 Å². The van der Waals surface area contributed by atoms with Gasteiger partial charge in [-0.25, -0.2) is 0 Å². The number of aromatic nitrogens is 2. The molecule has 0 saturated heterocycles. The Kier molecular flexibility index (Phi) is 4.67. The zero-order valence-corrected chi connectivity index (χ0v) is 13.0. The fraction of sp³-hybridized carbons (Fsp3) is 0. The molecule has 0 aliphatic heterocycles. The monoisotopic (exact) mass is 289 g/mol. The molecule has 0 aliphatic carbocycles. The molecule has 5 nitrogen and oxygen atoms in total. The molecule has 75 valence electrons. The Morgan fingerprint density at radius 2 is 2.07 bits per heavy atom. The first-order chi connectivity index (χ1) is 6.50. The van der Waals surface area contributed by atoms with Crippen LogP contribution in [0.1, 0.15) is 0 Å². The number of hydrogen-bond donors (Lipinski definition) is 1. The van der Waals surface area contributed by atoms with Gasteiger partial charge < -0.3 is 0 Å². The summed E-state index contributed by atoms with van der Waals surface area (Å²) in [5.74, 6) is 0. The molecule has 15 heavy (non-hydrogen) atoms. The molecule has 0 aliphatic rings. The van der Waals surface area contributed by atoms with Crippen LogP contribution in [0.5, 0.6) is 0 Å². The number of hydrogen-bond acceptors (Lipinski definition) is 5. The van der Waals surface area contributed by atoms with Crippen molar-refractivity contribution in [2.45, 2.75) is 4.90 Å². The Morgan fingerprint density at radius 3 is 2.67 bits per heavy atom. The molecular formula is C6H3ClKN2O3S2. The third-order valence-corrected chi connectivity index (χ3v) is 3.87. The summed E-state index contributed by atoms with van der Waals surface area (Å²) in [6, 6.07) is 2.63. The van der Waals surface area contributed by atoms with Gasteiger partial charge in [0.15, 0.2) is 0 Å². The number of benzene rings is 1. The van der Waals surface area contributed by atoms with E-state index in [1.165, 1.54) is 12.1 Å². The fourth-order valence-corrected chi connectivity index (χ4v) is 2.79. The minimum Gasteiger partial charge on any atom is -0.282 e. The molecule has 1 radical (unpaired) electrons. The Hall–Kier alpha value is 0.876. The number of fused-ring (bicyclic) bond motifs is 1. The van der Waals surface area contributed by atoms with E-state index in [1.54, 1.807) is 0 Å². The van der Waals surface area contributed by atoms with Crippen molar-refractivity contribution in [3.05, 3.63) is 17.2 Å². The molecule has 1 aromatic carbocycles. The van der Waals surface area contributed by atoms with E-state index in [1.807, 2.05) is 0 Å². The Labute approximate surface area is 137 Å². The summed E-state index contributed by atoms with van der Waals surface area (Å²) < 4.78 is 34.6. The van der Waals surface area contributed by atoms with Crippen LogP contribution in [0.25, 0.3) is 10.2 Å². The zero-order valence-electron chi connectivity index (χ0n) is 7.51. The normalized spacial score (nSPS) is 11.3. The third-order valence-electron chi connectivity index (χ3n) is 1.60. The van der Waals surface area contributed by atoms with Gasteiger partial charge in [0.25, 0.3) is 10.1 Å². The molecule has 0 unspecified atom stereocenters. The first-order valence-electron chi connectivity index (χ1n) is 3.38. The van der Waals surface area contributed by atoms with Gasteiger partial charge in [-0.15, -0.1) is 5.10 Å². The van der Waals surface area contributed by atoms with Crippen molar-refractivity contribution in [2.75, 3.05) is 0 Å². The van der Waals surface area contributed by atoms with E-state index >= 15 is 0 Å². The molecule has 1 aromatic heterocycles. The van der Waals surface area contributed by atoms with Gasteiger partial charge in [0.05, 0.1) is 9.72 Å². The minimum absolute atomic E-state index is 0. The molecule has 0 spiro atoms. The topological polar surface area (TPSA) is 80.2 Å². The second-order valence-corrected chi connectivity index (χ2v) is 5.00. The summed E-state index contributed by atoms with van der Waals surface area (Å²) in [5, 5.41) is 3.67. The Balaban J connectivity index is 0.00000112. The maximum absolute atomic E-state index is 10.9. The van der Waals surface area contributed by atoms with E-state index in [9.17, 15) is 8.42 Å². The second-order valence-electron chi connectivity index (χ2n) is 2.47. The average Bonchev–Trinajstić information content (AvgIpc) is 2.50. The molecule has 1 heterocycles. The van der Waals surface area contributed by atoms with Crippen LogP contribution in [0.2, 0.25) is 5.02 Å². The average molecular weight is 290 g/mol. The summed E-state index contributed by atoms with van der Waals surface area (Å²) in [7, 11) is -4.28. The van der Waals surface area contributed by atoms with Gasteiger partial charge in [-0.1, -0.05) is 16.1 Å². The largest absolute Gasteiger partial charge is 0.296 e. The zero-order chi connectivity index (χ0) is 10.3. The number of rotatable bonds is 1. The van der Waals surface area contributed by atoms with Crippen LogP contribution in [-0.4, -0.2) is 73.9 Å². The van der Waals surface area contributed by atoms with Gasteiger partial charge in [0.1, 0.15) is 10.4 Å². The van der Waals surface area contributed by atoms with Crippen molar-refractivity contribution in [1.29, 1.82) is 0 Å². The van der Waals surface area contributed by atoms with E-state index in [0.717, 1.165) is 11.5 Å². The van der Waals surface area contributed by atoms with E-state index in [-0.39, 0.29) is 61.3 Å².